The van der Waals surface area contributed by atoms with Crippen LogP contribution in [0, 0.1) is 5.92 Å². The standard InChI is InChI=1S/C31H26F3N3O5/c1-41-29(39)24-21(17-8-4-3-5-9-17)15-22-25(27(24)38)23(18-10-7-13-36-16-18)26(30(40)42-2)28(35)37(22)20-12-6-11-19(14-20)31(32,33)34/h3-14,16,21,23-24H,15,35H2,1-2H3/t21-,23-,24-/m0/s1. The van der Waals surface area contributed by atoms with Crippen molar-refractivity contribution in [2.45, 2.75) is 24.4 Å². The molecule has 2 N–H and O–H groups in total. The topological polar surface area (TPSA) is 112 Å². The highest BCUT2D eigenvalue weighted by atomic mass is 19.4. The molecule has 1 aliphatic carbocycles. The van der Waals surface area contributed by atoms with Crippen LogP contribution in [0.5, 0.6) is 0 Å². The van der Waals surface area contributed by atoms with Crippen LogP contribution >= 0.6 is 0 Å². The molecule has 0 fully saturated rings. The molecule has 216 valence electrons. The molecule has 1 aromatic heterocycles. The Bertz CT molecular complexity index is 1600. The van der Waals surface area contributed by atoms with Crippen LogP contribution in [0.1, 0.15) is 34.9 Å². The van der Waals surface area contributed by atoms with Crippen molar-refractivity contribution in [3.8, 4) is 0 Å². The second kappa shape index (κ2) is 11.2. The zero-order valence-electron chi connectivity index (χ0n) is 22.6. The lowest BCUT2D eigenvalue weighted by atomic mass is 9.67. The van der Waals surface area contributed by atoms with Gasteiger partial charge in [0.15, 0.2) is 5.78 Å². The third-order valence-corrected chi connectivity index (χ3v) is 7.58. The summed E-state index contributed by atoms with van der Waals surface area (Å²) in [5.74, 6) is -5.66. The van der Waals surface area contributed by atoms with Crippen LogP contribution in [0.3, 0.4) is 0 Å². The number of allylic oxidation sites excluding steroid dienone is 2. The molecule has 8 nitrogen and oxygen atoms in total. The first-order valence-electron chi connectivity index (χ1n) is 12.9. The van der Waals surface area contributed by atoms with Gasteiger partial charge in [-0.05, 0) is 41.8 Å². The second-order valence-electron chi connectivity index (χ2n) is 9.84. The lowest BCUT2D eigenvalue weighted by Gasteiger charge is -2.44. The maximum absolute atomic E-state index is 14.5. The van der Waals surface area contributed by atoms with Crippen molar-refractivity contribution >= 4 is 23.4 Å². The molecule has 0 amide bonds. The number of anilines is 1. The first kappa shape index (κ1) is 28.6. The third-order valence-electron chi connectivity index (χ3n) is 7.58. The van der Waals surface area contributed by atoms with Crippen molar-refractivity contribution in [2.24, 2.45) is 11.7 Å². The number of esters is 2. The Labute approximate surface area is 239 Å². The van der Waals surface area contributed by atoms with Gasteiger partial charge in [0.05, 0.1) is 31.3 Å². The lowest BCUT2D eigenvalue weighted by Crippen LogP contribution is -2.46. The Balaban J connectivity index is 1.84. The molecule has 11 heteroatoms. The molecule has 1 aliphatic heterocycles. The van der Waals surface area contributed by atoms with E-state index in [-0.39, 0.29) is 34.8 Å². The minimum Gasteiger partial charge on any atom is -0.468 e. The Morgan fingerprint density at radius 3 is 2.31 bits per heavy atom. The Kier molecular flexibility index (Phi) is 7.59. The zero-order valence-corrected chi connectivity index (χ0v) is 22.6. The maximum Gasteiger partial charge on any atom is 0.416 e. The van der Waals surface area contributed by atoms with E-state index in [2.05, 4.69) is 4.98 Å². The molecule has 3 aromatic rings. The van der Waals surface area contributed by atoms with E-state index in [0.717, 1.165) is 19.2 Å². The van der Waals surface area contributed by atoms with Gasteiger partial charge < -0.3 is 15.2 Å². The van der Waals surface area contributed by atoms with Crippen LogP contribution in [0.2, 0.25) is 0 Å². The van der Waals surface area contributed by atoms with Crippen molar-refractivity contribution in [3.05, 3.63) is 118 Å². The monoisotopic (exact) mass is 577 g/mol. The van der Waals surface area contributed by atoms with Crippen molar-refractivity contribution in [3.63, 3.8) is 0 Å². The summed E-state index contributed by atoms with van der Waals surface area (Å²) in [4.78, 5) is 46.4. The quantitative estimate of drug-likeness (QED) is 0.339. The van der Waals surface area contributed by atoms with Gasteiger partial charge in [-0.2, -0.15) is 13.2 Å². The van der Waals surface area contributed by atoms with Crippen LogP contribution in [-0.4, -0.2) is 36.9 Å². The molecular weight excluding hydrogens is 551 g/mol. The summed E-state index contributed by atoms with van der Waals surface area (Å²) in [6, 6.07) is 16.5. The summed E-state index contributed by atoms with van der Waals surface area (Å²) in [5, 5.41) is 0. The van der Waals surface area contributed by atoms with E-state index < -0.39 is 47.2 Å². The molecular formula is C31H26F3N3O5. The fourth-order valence-corrected chi connectivity index (χ4v) is 5.74. The number of nitrogens with zero attached hydrogens (tertiary/aromatic N) is 2. The van der Waals surface area contributed by atoms with E-state index in [4.69, 9.17) is 15.2 Å². The number of carbonyl (C=O) groups is 3. The van der Waals surface area contributed by atoms with Gasteiger partial charge in [-0.25, -0.2) is 4.79 Å². The number of Topliss-reactive ketones (excluding diaryl/α,β-unsaturated/α-hetero) is 1. The number of rotatable bonds is 5. The first-order chi connectivity index (χ1) is 20.1. The SMILES string of the molecule is COC(=O)C1=C(N)N(c2cccc(C(F)(F)F)c2)C2=C(C(=O)[C@@H](C(=O)OC)[C@H](c3ccccc3)C2)[C@@H]1c1cccnc1. The number of carbonyl (C=O) groups excluding carboxylic acids is 3. The summed E-state index contributed by atoms with van der Waals surface area (Å²) in [6.07, 6.45) is -1.69. The molecule has 2 aromatic carbocycles. The molecule has 0 bridgehead atoms. The van der Waals surface area contributed by atoms with Crippen LogP contribution in [0.25, 0.3) is 0 Å². The molecule has 0 unspecified atom stereocenters. The van der Waals surface area contributed by atoms with Gasteiger partial charge >= 0.3 is 18.1 Å². The number of hydrogen-bond acceptors (Lipinski definition) is 8. The minimum absolute atomic E-state index is 0.0167. The molecule has 0 spiro atoms. The largest absolute Gasteiger partial charge is 0.468 e. The van der Waals surface area contributed by atoms with Crippen molar-refractivity contribution in [2.75, 3.05) is 19.1 Å². The summed E-state index contributed by atoms with van der Waals surface area (Å²) in [5.41, 5.74) is 6.85. The van der Waals surface area contributed by atoms with Crippen molar-refractivity contribution < 1.29 is 37.0 Å². The van der Waals surface area contributed by atoms with Gasteiger partial charge in [-0.3, -0.25) is 19.5 Å². The number of nitrogens with two attached hydrogens (primary N) is 1. The lowest BCUT2D eigenvalue weighted by molar-refractivity contribution is -0.150. The van der Waals surface area contributed by atoms with Crippen LogP contribution in [-0.2, 0) is 30.0 Å². The fraction of sp³-hybridized carbons (Fsp3) is 0.226. The van der Waals surface area contributed by atoms with Crippen molar-refractivity contribution in [1.29, 1.82) is 0 Å². The summed E-state index contributed by atoms with van der Waals surface area (Å²) in [7, 11) is 2.31. The van der Waals surface area contributed by atoms with E-state index in [1.54, 1.807) is 42.5 Å². The van der Waals surface area contributed by atoms with Gasteiger partial charge in [0, 0.05) is 35.3 Å². The highest BCUT2D eigenvalue weighted by Crippen LogP contribution is 2.51. The molecule has 0 saturated carbocycles. The van der Waals surface area contributed by atoms with Crippen LogP contribution in [0.15, 0.2) is 102 Å². The van der Waals surface area contributed by atoms with Gasteiger partial charge in [-0.15, -0.1) is 0 Å². The molecule has 2 aliphatic rings. The highest BCUT2D eigenvalue weighted by molar-refractivity contribution is 6.14. The molecule has 0 saturated heterocycles. The molecule has 5 rings (SSSR count). The molecule has 0 radical (unpaired) electrons. The predicted molar refractivity (Wildman–Crippen MR) is 145 cm³/mol. The predicted octanol–water partition coefficient (Wildman–Crippen LogP) is 4.85. The average molecular weight is 578 g/mol. The number of halogens is 3. The third kappa shape index (κ3) is 4.91. The number of hydrogen-bond donors (Lipinski definition) is 1. The Morgan fingerprint density at radius 2 is 1.69 bits per heavy atom. The zero-order chi connectivity index (χ0) is 30.2. The van der Waals surface area contributed by atoms with Gasteiger partial charge in [0.25, 0.3) is 0 Å². The summed E-state index contributed by atoms with van der Waals surface area (Å²) < 4.78 is 51.4. The summed E-state index contributed by atoms with van der Waals surface area (Å²) >= 11 is 0. The first-order valence-corrected chi connectivity index (χ1v) is 12.9. The van der Waals surface area contributed by atoms with E-state index in [9.17, 15) is 27.6 Å². The normalized spacial score (nSPS) is 20.7. The molecule has 42 heavy (non-hydrogen) atoms. The van der Waals surface area contributed by atoms with E-state index in [0.29, 0.717) is 11.1 Å². The number of aromatic nitrogens is 1. The number of ether oxygens (including phenoxy) is 2. The van der Waals surface area contributed by atoms with Gasteiger partial charge in [-0.1, -0.05) is 42.5 Å². The van der Waals surface area contributed by atoms with E-state index in [1.165, 1.54) is 36.5 Å². The number of ketones is 1. The smallest absolute Gasteiger partial charge is 0.416 e. The Morgan fingerprint density at radius 1 is 0.976 bits per heavy atom. The number of pyridine rings is 1. The summed E-state index contributed by atoms with van der Waals surface area (Å²) in [6.45, 7) is 0. The fourth-order valence-electron chi connectivity index (χ4n) is 5.74. The van der Waals surface area contributed by atoms with Crippen molar-refractivity contribution in [1.82, 2.24) is 4.98 Å². The van der Waals surface area contributed by atoms with E-state index in [1.807, 2.05) is 0 Å². The number of methoxy groups -OCH3 is 2. The highest BCUT2D eigenvalue weighted by Gasteiger charge is 2.51. The van der Waals surface area contributed by atoms with Gasteiger partial charge in [0.2, 0.25) is 0 Å². The average Bonchev–Trinajstić information content (AvgIpc) is 3.00. The van der Waals surface area contributed by atoms with Gasteiger partial charge in [0.1, 0.15) is 11.7 Å². The minimum atomic E-state index is -4.67. The Hall–Kier alpha value is -4.93. The second-order valence-corrected chi connectivity index (χ2v) is 9.84. The van der Waals surface area contributed by atoms with E-state index >= 15 is 0 Å². The number of benzene rings is 2. The van der Waals surface area contributed by atoms with Crippen LogP contribution in [0.4, 0.5) is 18.9 Å². The molecule has 3 atom stereocenters. The number of alkyl halides is 3. The van der Waals surface area contributed by atoms with Crippen LogP contribution < -0.4 is 10.6 Å². The maximum atomic E-state index is 14.5. The molecule has 2 heterocycles.